The average molecular weight is 408 g/mol. The van der Waals surface area contributed by atoms with Crippen LogP contribution in [0.3, 0.4) is 0 Å². The van der Waals surface area contributed by atoms with E-state index in [1.807, 2.05) is 0 Å². The molecule has 0 radical (unpaired) electrons. The molecule has 1 aliphatic rings. The van der Waals surface area contributed by atoms with Gasteiger partial charge < -0.3 is 25.3 Å². The van der Waals surface area contributed by atoms with Crippen molar-refractivity contribution in [1.29, 1.82) is 0 Å². The van der Waals surface area contributed by atoms with Crippen LogP contribution in [0.25, 0.3) is 11.0 Å². The molecule has 0 spiro atoms. The Morgan fingerprint density at radius 1 is 1.57 bits per heavy atom. The van der Waals surface area contributed by atoms with E-state index >= 15 is 0 Å². The van der Waals surface area contributed by atoms with E-state index in [1.165, 1.54) is 17.8 Å². The van der Waals surface area contributed by atoms with Crippen LogP contribution >= 0.6 is 22.6 Å². The second-order valence-corrected chi connectivity index (χ2v) is 6.31. The number of nitrogen functional groups attached to an aromatic ring is 1. The van der Waals surface area contributed by atoms with Crippen molar-refractivity contribution in [2.24, 2.45) is 0 Å². The van der Waals surface area contributed by atoms with Gasteiger partial charge in [0, 0.05) is 9.77 Å². The van der Waals surface area contributed by atoms with Gasteiger partial charge in [-0.1, -0.05) is 0 Å². The second-order valence-electron chi connectivity index (χ2n) is 5.15. The van der Waals surface area contributed by atoms with E-state index in [9.17, 15) is 14.6 Å². The summed E-state index contributed by atoms with van der Waals surface area (Å²) in [5.41, 5.74) is 4.18. The second kappa shape index (κ2) is 5.00. The molecule has 1 saturated heterocycles. The average Bonchev–Trinajstić information content (AvgIpc) is 2.87. The largest absolute Gasteiger partial charge is 0.394 e. The Kier molecular flexibility index (Phi) is 3.55. The van der Waals surface area contributed by atoms with E-state index in [2.05, 4.69) is 32.6 Å². The number of hydrogen-bond donors (Lipinski definition) is 3. The quantitative estimate of drug-likeness (QED) is 0.629. The number of alkyl halides is 1. The first-order valence-electron chi connectivity index (χ1n) is 6.27. The van der Waals surface area contributed by atoms with Gasteiger partial charge in [-0.25, -0.2) is 14.4 Å². The van der Waals surface area contributed by atoms with E-state index in [1.54, 1.807) is 6.20 Å². The molecule has 1 aliphatic heterocycles. The number of fused-ring (bicyclic) bond motifs is 1. The van der Waals surface area contributed by atoms with Crippen LogP contribution in [-0.2, 0) is 4.74 Å². The minimum atomic E-state index is -2.07. The highest BCUT2D eigenvalue weighted by Gasteiger charge is 2.55. The van der Waals surface area contributed by atoms with Gasteiger partial charge >= 0.3 is 0 Å². The van der Waals surface area contributed by atoms with Gasteiger partial charge in [-0.3, -0.25) is 0 Å². The van der Waals surface area contributed by atoms with Crippen LogP contribution in [0.1, 0.15) is 13.2 Å². The molecule has 1 fully saturated rings. The molecule has 3 heterocycles. The van der Waals surface area contributed by atoms with Crippen LogP contribution in [-0.4, -0.2) is 49.2 Å². The van der Waals surface area contributed by atoms with Gasteiger partial charge in [0.15, 0.2) is 11.9 Å². The molecule has 2 aromatic rings. The monoisotopic (exact) mass is 408 g/mol. The zero-order chi connectivity index (χ0) is 15.4. The fourth-order valence-corrected chi connectivity index (χ4v) is 3.42. The first kappa shape index (κ1) is 14.9. The summed E-state index contributed by atoms with van der Waals surface area (Å²) >= 11 is 2.05. The fraction of sp³-hybridized carbons (Fsp3) is 0.500. The van der Waals surface area contributed by atoms with Crippen molar-refractivity contribution in [2.45, 2.75) is 31.0 Å². The lowest BCUT2D eigenvalue weighted by Crippen LogP contribution is -2.40. The minimum Gasteiger partial charge on any atom is -0.394 e. The molecule has 114 valence electrons. The zero-order valence-electron chi connectivity index (χ0n) is 11.1. The van der Waals surface area contributed by atoms with Crippen molar-refractivity contribution in [2.75, 3.05) is 12.3 Å². The molecular formula is C12H14FIN4O3. The minimum absolute atomic E-state index is 0.293. The topological polar surface area (TPSA) is 106 Å². The molecule has 0 aromatic carbocycles. The van der Waals surface area contributed by atoms with Gasteiger partial charge in [-0.15, -0.1) is 0 Å². The van der Waals surface area contributed by atoms with Gasteiger partial charge in [0.2, 0.25) is 0 Å². The summed E-state index contributed by atoms with van der Waals surface area (Å²) < 4.78 is 22.5. The Morgan fingerprint density at radius 2 is 2.29 bits per heavy atom. The summed E-state index contributed by atoms with van der Waals surface area (Å²) in [6.07, 6.45) is -0.592. The third-order valence-electron chi connectivity index (χ3n) is 3.74. The fourth-order valence-electron chi connectivity index (χ4n) is 2.60. The molecule has 9 heteroatoms. The number of rotatable bonds is 2. The van der Waals surface area contributed by atoms with E-state index in [0.29, 0.717) is 16.9 Å². The molecule has 0 bridgehead atoms. The summed E-state index contributed by atoms with van der Waals surface area (Å²) in [6.45, 7) is 0.770. The zero-order valence-corrected chi connectivity index (χ0v) is 13.2. The maximum absolute atomic E-state index is 14.8. The van der Waals surface area contributed by atoms with Gasteiger partial charge in [0.25, 0.3) is 0 Å². The number of aliphatic hydroxyl groups is 2. The Labute approximate surface area is 133 Å². The lowest BCUT2D eigenvalue weighted by atomic mass is 9.98. The SMILES string of the molecule is C[C@@]1(F)[C@H](O)[C@@H](CO)O[C@H]1n1cc(I)c2c(N)ncnc21. The number of aliphatic hydroxyl groups excluding tert-OH is 2. The number of anilines is 1. The third-order valence-corrected chi connectivity index (χ3v) is 4.56. The van der Waals surface area contributed by atoms with E-state index in [4.69, 9.17) is 10.5 Å². The standard InChI is InChI=1S/C12H14FIN4O3/c1-12(13)8(20)6(3-19)21-11(12)18-2-5(14)7-9(15)16-4-17-10(7)18/h2,4,6,8,11,19-20H,3H2,1H3,(H2,15,16,17)/t6-,8-,11-,12-/m1/s1. The smallest absolute Gasteiger partial charge is 0.181 e. The maximum Gasteiger partial charge on any atom is 0.181 e. The lowest BCUT2D eigenvalue weighted by Gasteiger charge is -2.25. The van der Waals surface area contributed by atoms with E-state index < -0.39 is 30.7 Å². The molecule has 21 heavy (non-hydrogen) atoms. The van der Waals surface area contributed by atoms with Crippen molar-refractivity contribution in [3.8, 4) is 0 Å². The van der Waals surface area contributed by atoms with Crippen LogP contribution in [0, 0.1) is 3.57 Å². The number of aromatic nitrogens is 3. The summed E-state index contributed by atoms with van der Waals surface area (Å²) in [5.74, 6) is 0.293. The van der Waals surface area contributed by atoms with Gasteiger partial charge in [0.1, 0.15) is 30.0 Å². The van der Waals surface area contributed by atoms with E-state index in [0.717, 1.165) is 3.57 Å². The summed E-state index contributed by atoms with van der Waals surface area (Å²) in [4.78, 5) is 8.04. The Hall–Kier alpha value is -1.04. The highest BCUT2D eigenvalue weighted by Crippen LogP contribution is 2.43. The Balaban J connectivity index is 2.15. The molecule has 3 rings (SSSR count). The maximum atomic E-state index is 14.8. The summed E-state index contributed by atoms with van der Waals surface area (Å²) in [6, 6.07) is 0. The lowest BCUT2D eigenvalue weighted by molar-refractivity contribution is -0.0564. The molecule has 4 atom stereocenters. The van der Waals surface area contributed by atoms with Crippen molar-refractivity contribution >= 4 is 39.4 Å². The number of nitrogens with zero attached hydrogens (tertiary/aromatic N) is 3. The predicted molar refractivity (Wildman–Crippen MR) is 81.2 cm³/mol. The molecule has 2 aromatic heterocycles. The van der Waals surface area contributed by atoms with Crippen molar-refractivity contribution in [1.82, 2.24) is 14.5 Å². The number of ether oxygens (including phenoxy) is 1. The number of halogens is 2. The van der Waals surface area contributed by atoms with Crippen molar-refractivity contribution < 1.29 is 19.3 Å². The highest BCUT2D eigenvalue weighted by atomic mass is 127. The van der Waals surface area contributed by atoms with Crippen molar-refractivity contribution in [3.63, 3.8) is 0 Å². The Bertz CT molecular complexity index is 692. The summed E-state index contributed by atoms with van der Waals surface area (Å²) in [7, 11) is 0. The normalized spacial score (nSPS) is 32.9. The summed E-state index contributed by atoms with van der Waals surface area (Å²) in [5, 5.41) is 19.7. The first-order chi connectivity index (χ1) is 9.87. The molecule has 7 nitrogen and oxygen atoms in total. The van der Waals surface area contributed by atoms with Gasteiger partial charge in [0.05, 0.1) is 12.0 Å². The van der Waals surface area contributed by atoms with Crippen LogP contribution in [0.4, 0.5) is 10.2 Å². The number of nitrogens with two attached hydrogens (primary N) is 1. The molecule has 0 amide bonds. The first-order valence-corrected chi connectivity index (χ1v) is 7.35. The molecule has 0 saturated carbocycles. The van der Waals surface area contributed by atoms with Crippen LogP contribution in [0.15, 0.2) is 12.5 Å². The van der Waals surface area contributed by atoms with E-state index in [-0.39, 0.29) is 0 Å². The predicted octanol–water partition coefficient (Wildman–Crippen LogP) is 0.597. The molecule has 0 unspecified atom stereocenters. The number of hydrogen-bond acceptors (Lipinski definition) is 6. The van der Waals surface area contributed by atoms with Gasteiger partial charge in [-0.05, 0) is 29.5 Å². The van der Waals surface area contributed by atoms with Crippen LogP contribution in [0.2, 0.25) is 0 Å². The molecule has 4 N–H and O–H groups in total. The van der Waals surface area contributed by atoms with Crippen LogP contribution in [0.5, 0.6) is 0 Å². The highest BCUT2D eigenvalue weighted by molar-refractivity contribution is 14.1. The van der Waals surface area contributed by atoms with Gasteiger partial charge in [-0.2, -0.15) is 0 Å². The Morgan fingerprint density at radius 3 is 2.90 bits per heavy atom. The van der Waals surface area contributed by atoms with Crippen LogP contribution < -0.4 is 5.73 Å². The third kappa shape index (κ3) is 2.10. The molecular weight excluding hydrogens is 394 g/mol. The van der Waals surface area contributed by atoms with Crippen molar-refractivity contribution in [3.05, 3.63) is 16.1 Å². The molecule has 0 aliphatic carbocycles.